The van der Waals surface area contributed by atoms with Crippen molar-refractivity contribution in [2.24, 2.45) is 0 Å². The van der Waals surface area contributed by atoms with Crippen LogP contribution in [-0.2, 0) is 11.2 Å². The third kappa shape index (κ3) is 4.86. The van der Waals surface area contributed by atoms with Crippen LogP contribution < -0.4 is 14.2 Å². The third-order valence-electron chi connectivity index (χ3n) is 4.80. The highest BCUT2D eigenvalue weighted by molar-refractivity contribution is 8.00. The van der Waals surface area contributed by atoms with Crippen LogP contribution in [0.15, 0.2) is 30.6 Å². The molecule has 9 nitrogen and oxygen atoms in total. The number of methoxy groups -OCH3 is 2. The van der Waals surface area contributed by atoms with Crippen LogP contribution in [0.4, 0.5) is 5.95 Å². The average molecular weight is 463 g/mol. The van der Waals surface area contributed by atoms with Crippen LogP contribution in [0.3, 0.4) is 0 Å². The van der Waals surface area contributed by atoms with Crippen molar-refractivity contribution in [2.75, 3.05) is 31.3 Å². The van der Waals surface area contributed by atoms with Crippen LogP contribution in [0.1, 0.15) is 30.6 Å². The lowest BCUT2D eigenvalue weighted by molar-refractivity contribution is 0.103. The zero-order valence-electron chi connectivity index (χ0n) is 17.2. The Morgan fingerprint density at radius 1 is 1.19 bits per heavy atom. The summed E-state index contributed by atoms with van der Waals surface area (Å²) >= 11 is 7.33. The van der Waals surface area contributed by atoms with E-state index >= 15 is 0 Å². The molecule has 0 amide bonds. The van der Waals surface area contributed by atoms with Gasteiger partial charge in [-0.1, -0.05) is 17.7 Å². The zero-order valence-corrected chi connectivity index (χ0v) is 18.8. The Labute approximate surface area is 189 Å². The van der Waals surface area contributed by atoms with Crippen LogP contribution in [0.5, 0.6) is 11.5 Å². The third-order valence-corrected chi connectivity index (χ3v) is 5.73. The molecule has 164 valence electrons. The first-order valence-corrected chi connectivity index (χ1v) is 11.2. The molecule has 0 saturated carbocycles. The van der Waals surface area contributed by atoms with Crippen molar-refractivity contribution in [2.45, 2.75) is 25.4 Å². The Bertz CT molecular complexity index is 988. The minimum atomic E-state index is -0.134. The molecule has 1 atom stereocenters. The second-order valence-corrected chi connectivity index (χ2v) is 8.09. The fourth-order valence-corrected chi connectivity index (χ4v) is 4.10. The van der Waals surface area contributed by atoms with Crippen molar-refractivity contribution < 1.29 is 14.2 Å². The number of hydrogen-bond acceptors (Lipinski definition) is 9. The van der Waals surface area contributed by atoms with E-state index in [1.165, 1.54) is 11.9 Å². The van der Waals surface area contributed by atoms with Gasteiger partial charge in [-0.3, -0.25) is 9.29 Å². The number of para-hydroxylation sites is 1. The first-order chi connectivity index (χ1) is 15.2. The van der Waals surface area contributed by atoms with E-state index in [0.717, 1.165) is 30.1 Å². The van der Waals surface area contributed by atoms with Crippen LogP contribution in [0, 0.1) is 0 Å². The molecule has 1 N–H and O–H groups in total. The zero-order chi connectivity index (χ0) is 21.6. The number of aromatic nitrogens is 5. The number of benzene rings is 1. The van der Waals surface area contributed by atoms with E-state index in [9.17, 15) is 0 Å². The molecule has 11 heteroatoms. The Balaban J connectivity index is 1.59. The van der Waals surface area contributed by atoms with Gasteiger partial charge in [0, 0.05) is 31.2 Å². The van der Waals surface area contributed by atoms with Gasteiger partial charge in [-0.05, 0) is 36.9 Å². The van der Waals surface area contributed by atoms with Crippen LogP contribution >= 0.6 is 23.5 Å². The van der Waals surface area contributed by atoms with Crippen molar-refractivity contribution in [1.29, 1.82) is 0 Å². The van der Waals surface area contributed by atoms with Crippen LogP contribution in [0.2, 0.25) is 5.02 Å². The minimum Gasteiger partial charge on any atom is -0.494 e. The van der Waals surface area contributed by atoms with Crippen molar-refractivity contribution in [3.8, 4) is 17.2 Å². The molecule has 1 aliphatic rings. The highest BCUT2D eigenvalue weighted by atomic mass is 35.5. The Morgan fingerprint density at radius 3 is 2.58 bits per heavy atom. The fourth-order valence-electron chi connectivity index (χ4n) is 3.35. The van der Waals surface area contributed by atoms with Crippen LogP contribution in [0.25, 0.3) is 5.69 Å². The summed E-state index contributed by atoms with van der Waals surface area (Å²) in [5.74, 6) is 4.04. The monoisotopic (exact) mass is 462 g/mol. The summed E-state index contributed by atoms with van der Waals surface area (Å²) in [6, 6.07) is 5.64. The van der Waals surface area contributed by atoms with Crippen molar-refractivity contribution in [1.82, 2.24) is 24.7 Å². The number of nitrogens with one attached hydrogen (secondary N) is 1. The van der Waals surface area contributed by atoms with Gasteiger partial charge in [0.2, 0.25) is 5.95 Å². The number of halogens is 1. The molecule has 3 heterocycles. The topological polar surface area (TPSA) is 96.2 Å². The number of ether oxygens (including phenoxy) is 3. The molecule has 0 radical (unpaired) electrons. The molecule has 0 spiro atoms. The van der Waals surface area contributed by atoms with E-state index in [1.807, 2.05) is 22.8 Å². The molecule has 3 aromatic rings. The summed E-state index contributed by atoms with van der Waals surface area (Å²) in [5.41, 5.74) is 0.729. The summed E-state index contributed by atoms with van der Waals surface area (Å²) in [4.78, 5) is 8.45. The maximum atomic E-state index is 5.89. The Morgan fingerprint density at radius 2 is 1.94 bits per heavy atom. The molecule has 0 aliphatic carbocycles. The smallest absolute Gasteiger partial charge is 0.239 e. The summed E-state index contributed by atoms with van der Waals surface area (Å²) in [7, 11) is 3.25. The first-order valence-electron chi connectivity index (χ1n) is 9.83. The molecule has 2 aromatic heterocycles. The lowest BCUT2D eigenvalue weighted by Gasteiger charge is -2.19. The quantitative estimate of drug-likeness (QED) is 0.375. The molecule has 1 unspecified atom stereocenters. The highest BCUT2D eigenvalue weighted by Crippen LogP contribution is 2.39. The molecule has 4 rings (SSSR count). The van der Waals surface area contributed by atoms with E-state index in [1.54, 1.807) is 26.6 Å². The number of hydrogen-bond donors (Lipinski definition) is 1. The largest absolute Gasteiger partial charge is 0.494 e. The first kappa shape index (κ1) is 21.7. The van der Waals surface area contributed by atoms with Crippen LogP contribution in [-0.4, -0.2) is 51.3 Å². The van der Waals surface area contributed by atoms with E-state index in [4.69, 9.17) is 25.8 Å². The predicted octanol–water partition coefficient (Wildman–Crippen LogP) is 3.88. The van der Waals surface area contributed by atoms with Crippen molar-refractivity contribution in [3.63, 3.8) is 0 Å². The number of nitrogens with zero attached hydrogens (tertiary/aromatic N) is 5. The molecule has 31 heavy (non-hydrogen) atoms. The Kier molecular flexibility index (Phi) is 7.10. The fraction of sp³-hybridized carbons (Fsp3) is 0.400. The van der Waals surface area contributed by atoms with Gasteiger partial charge in [0.1, 0.15) is 29.1 Å². The van der Waals surface area contributed by atoms with Gasteiger partial charge in [0.05, 0.1) is 19.2 Å². The van der Waals surface area contributed by atoms with E-state index in [-0.39, 0.29) is 6.10 Å². The normalized spacial score (nSPS) is 15.8. The van der Waals surface area contributed by atoms with Gasteiger partial charge in [-0.25, -0.2) is 9.97 Å². The van der Waals surface area contributed by atoms with Gasteiger partial charge in [0.15, 0.2) is 5.82 Å². The van der Waals surface area contributed by atoms with Gasteiger partial charge < -0.3 is 14.2 Å². The number of anilines is 1. The van der Waals surface area contributed by atoms with Crippen molar-refractivity contribution in [3.05, 3.63) is 47.3 Å². The molecular weight excluding hydrogens is 440 g/mol. The molecule has 1 saturated heterocycles. The number of aryl methyl sites for hydroxylation is 1. The summed E-state index contributed by atoms with van der Waals surface area (Å²) in [6.45, 7) is 0.708. The van der Waals surface area contributed by atoms with Crippen molar-refractivity contribution >= 4 is 29.5 Å². The second-order valence-electron chi connectivity index (χ2n) is 6.75. The summed E-state index contributed by atoms with van der Waals surface area (Å²) in [5, 5.41) is 9.34. The van der Waals surface area contributed by atoms with Gasteiger partial charge in [-0.2, -0.15) is 0 Å². The molecule has 1 aromatic carbocycles. The second kappa shape index (κ2) is 10.2. The average Bonchev–Trinajstić information content (AvgIpc) is 3.47. The molecule has 1 fully saturated rings. The molecule has 0 bridgehead atoms. The van der Waals surface area contributed by atoms with E-state index in [0.29, 0.717) is 41.3 Å². The number of rotatable bonds is 9. The lowest BCUT2D eigenvalue weighted by Crippen LogP contribution is -2.11. The van der Waals surface area contributed by atoms with Gasteiger partial charge in [0.25, 0.3) is 0 Å². The Hall–Kier alpha value is -2.56. The highest BCUT2D eigenvalue weighted by Gasteiger charge is 2.29. The SMILES string of the molecule is COc1cccc(OC)c1-n1c(NSCCc2ncc(Cl)cn2)nnc1C1CCCO1. The molecule has 1 aliphatic heterocycles. The maximum Gasteiger partial charge on any atom is 0.239 e. The minimum absolute atomic E-state index is 0.134. The standard InChI is InChI=1S/C20H23ClN6O3S/c1-28-14-5-3-6-15(29-2)18(14)27-19(16-7-4-9-30-16)24-25-20(27)26-31-10-8-17-22-11-13(21)12-23-17/h3,5-6,11-12,16H,4,7-10H2,1-2H3,(H,25,26). The van der Waals surface area contributed by atoms with E-state index in [2.05, 4.69) is 24.9 Å². The summed E-state index contributed by atoms with van der Waals surface area (Å²) < 4.78 is 22.3. The summed E-state index contributed by atoms with van der Waals surface area (Å²) in [6.07, 6.45) is 5.61. The van der Waals surface area contributed by atoms with E-state index < -0.39 is 0 Å². The maximum absolute atomic E-state index is 5.89. The predicted molar refractivity (Wildman–Crippen MR) is 119 cm³/mol. The lowest BCUT2D eigenvalue weighted by atomic mass is 10.2. The van der Waals surface area contributed by atoms with Gasteiger partial charge in [-0.15, -0.1) is 10.2 Å². The van der Waals surface area contributed by atoms with Gasteiger partial charge >= 0.3 is 0 Å². The molecular formula is C20H23ClN6O3S.